The molecule has 0 radical (unpaired) electrons. The van der Waals surface area contributed by atoms with Crippen LogP contribution in [0.25, 0.3) is 0 Å². The molecule has 1 N–H and O–H groups in total. The van der Waals surface area contributed by atoms with E-state index in [1.807, 2.05) is 0 Å². The lowest BCUT2D eigenvalue weighted by atomic mass is 10.1. The minimum absolute atomic E-state index is 0.00994. The summed E-state index contributed by atoms with van der Waals surface area (Å²) >= 11 is 0. The molecule has 0 saturated heterocycles. The monoisotopic (exact) mass is 418 g/mol. The van der Waals surface area contributed by atoms with Crippen LogP contribution in [0.3, 0.4) is 0 Å². The second-order valence-electron chi connectivity index (χ2n) is 6.60. The lowest BCUT2D eigenvalue weighted by Gasteiger charge is -2.18. The van der Waals surface area contributed by atoms with Gasteiger partial charge in [-0.1, -0.05) is 40.9 Å². The van der Waals surface area contributed by atoms with Gasteiger partial charge in [0, 0.05) is 18.7 Å². The van der Waals surface area contributed by atoms with Gasteiger partial charge in [0.15, 0.2) is 0 Å². The topological polar surface area (TPSA) is 102 Å². The Kier molecular flexibility index (Phi) is 6.31. The molecule has 0 heterocycles. The first-order valence-electron chi connectivity index (χ1n) is 9.02. The molecule has 1 fully saturated rings. The van der Waals surface area contributed by atoms with E-state index in [4.69, 9.17) is 9.57 Å². The van der Waals surface area contributed by atoms with E-state index < -0.39 is 28.0 Å². The fourth-order valence-electron chi connectivity index (χ4n) is 2.61. The normalized spacial score (nSPS) is 15.0. The number of nitrogens with one attached hydrogen (secondary N) is 1. The number of rotatable bonds is 8. The van der Waals surface area contributed by atoms with Crippen molar-refractivity contribution < 1.29 is 27.6 Å². The molecule has 1 amide bonds. The lowest BCUT2D eigenvalue weighted by Crippen LogP contribution is -2.33. The summed E-state index contributed by atoms with van der Waals surface area (Å²) in [5.41, 5.74) is 0.539. The van der Waals surface area contributed by atoms with Crippen LogP contribution in [0.2, 0.25) is 0 Å². The van der Waals surface area contributed by atoms with Crippen molar-refractivity contribution in [3.8, 4) is 0 Å². The summed E-state index contributed by atoms with van der Waals surface area (Å²) in [5.74, 6) is -1.21. The Balaban J connectivity index is 1.84. The van der Waals surface area contributed by atoms with Crippen molar-refractivity contribution >= 4 is 21.9 Å². The molecule has 1 atom stereocenters. The van der Waals surface area contributed by atoms with Gasteiger partial charge < -0.3 is 10.1 Å². The maximum absolute atomic E-state index is 12.7. The van der Waals surface area contributed by atoms with Crippen LogP contribution in [0.4, 0.5) is 0 Å². The molecule has 1 unspecified atom stereocenters. The number of hydrogen-bond acceptors (Lipinski definition) is 6. The standard InChI is InChI=1S/C20H22N2O6S/c1-22(27-2)29(25,26)17-10-6-9-15(13-17)20(24)28-18(14-7-4-3-5-8-14)19(23)21-16-11-12-16/h3-10,13,16,18H,11-12H2,1-2H3,(H,21,23). The zero-order chi connectivity index (χ0) is 21.0. The molecule has 0 spiro atoms. The third-order valence-electron chi connectivity index (χ3n) is 4.45. The second kappa shape index (κ2) is 8.73. The van der Waals surface area contributed by atoms with E-state index in [9.17, 15) is 18.0 Å². The number of sulfonamides is 1. The average Bonchev–Trinajstić information content (AvgIpc) is 3.55. The van der Waals surface area contributed by atoms with Gasteiger partial charge in [0.1, 0.15) is 0 Å². The molecule has 0 bridgehead atoms. The van der Waals surface area contributed by atoms with Crippen LogP contribution in [0, 0.1) is 0 Å². The number of amides is 1. The molecule has 0 aliphatic heterocycles. The van der Waals surface area contributed by atoms with Crippen molar-refractivity contribution in [1.29, 1.82) is 0 Å². The highest BCUT2D eigenvalue weighted by Crippen LogP contribution is 2.25. The second-order valence-corrected chi connectivity index (χ2v) is 8.54. The number of esters is 1. The maximum atomic E-state index is 12.7. The first-order valence-corrected chi connectivity index (χ1v) is 10.5. The third-order valence-corrected chi connectivity index (χ3v) is 6.13. The summed E-state index contributed by atoms with van der Waals surface area (Å²) in [4.78, 5) is 29.9. The number of nitrogens with zero attached hydrogens (tertiary/aromatic N) is 1. The first-order chi connectivity index (χ1) is 13.8. The Bertz CT molecular complexity index is 989. The summed E-state index contributed by atoms with van der Waals surface area (Å²) in [6.07, 6.45) is 0.661. The third kappa shape index (κ3) is 5.00. The Morgan fingerprint density at radius 2 is 1.79 bits per heavy atom. The van der Waals surface area contributed by atoms with E-state index in [2.05, 4.69) is 5.32 Å². The van der Waals surface area contributed by atoms with Gasteiger partial charge in [-0.2, -0.15) is 0 Å². The van der Waals surface area contributed by atoms with Gasteiger partial charge in [0.05, 0.1) is 17.6 Å². The highest BCUT2D eigenvalue weighted by atomic mass is 32.2. The van der Waals surface area contributed by atoms with Gasteiger partial charge in [0.25, 0.3) is 15.9 Å². The van der Waals surface area contributed by atoms with Crippen molar-refractivity contribution in [3.05, 3.63) is 65.7 Å². The number of hydrogen-bond donors (Lipinski definition) is 1. The van der Waals surface area contributed by atoms with Crippen molar-refractivity contribution in [2.24, 2.45) is 0 Å². The van der Waals surface area contributed by atoms with Gasteiger partial charge in [-0.15, -0.1) is 0 Å². The molecule has 2 aromatic carbocycles. The number of benzene rings is 2. The predicted octanol–water partition coefficient (Wildman–Crippen LogP) is 2.05. The smallest absolute Gasteiger partial charge is 0.339 e. The molecule has 0 aromatic heterocycles. The summed E-state index contributed by atoms with van der Waals surface area (Å²) in [6.45, 7) is 0. The summed E-state index contributed by atoms with van der Waals surface area (Å²) < 4.78 is 31.0. The molecular formula is C20H22N2O6S. The molecule has 154 valence electrons. The van der Waals surface area contributed by atoms with Gasteiger partial charge in [-0.05, 0) is 31.0 Å². The van der Waals surface area contributed by atoms with Crippen LogP contribution in [0.5, 0.6) is 0 Å². The predicted molar refractivity (Wildman–Crippen MR) is 104 cm³/mol. The van der Waals surface area contributed by atoms with Gasteiger partial charge >= 0.3 is 5.97 Å². The van der Waals surface area contributed by atoms with E-state index in [-0.39, 0.29) is 16.5 Å². The van der Waals surface area contributed by atoms with E-state index >= 15 is 0 Å². The fraction of sp³-hybridized carbons (Fsp3) is 0.300. The molecular weight excluding hydrogens is 396 g/mol. The van der Waals surface area contributed by atoms with Crippen LogP contribution in [0.1, 0.15) is 34.9 Å². The van der Waals surface area contributed by atoms with Crippen LogP contribution in [0.15, 0.2) is 59.5 Å². The van der Waals surface area contributed by atoms with E-state index in [0.717, 1.165) is 12.8 Å². The molecule has 2 aromatic rings. The number of ether oxygens (including phenoxy) is 1. The van der Waals surface area contributed by atoms with Crippen molar-refractivity contribution in [1.82, 2.24) is 9.79 Å². The molecule has 1 aliphatic carbocycles. The number of hydroxylamine groups is 1. The molecule has 9 heteroatoms. The fourth-order valence-corrected chi connectivity index (χ4v) is 3.63. The first kappa shape index (κ1) is 21.0. The Labute approximate surface area is 169 Å². The molecule has 3 rings (SSSR count). The average molecular weight is 418 g/mol. The van der Waals surface area contributed by atoms with Crippen LogP contribution in [-0.4, -0.2) is 45.0 Å². The highest BCUT2D eigenvalue weighted by molar-refractivity contribution is 7.89. The molecule has 1 aliphatic rings. The SMILES string of the molecule is CON(C)S(=O)(=O)c1cccc(C(=O)OC(C(=O)NC2CC2)c2ccccc2)c1. The Morgan fingerprint density at radius 1 is 1.10 bits per heavy atom. The van der Waals surface area contributed by atoms with Crippen molar-refractivity contribution in [2.45, 2.75) is 29.9 Å². The van der Waals surface area contributed by atoms with Crippen LogP contribution < -0.4 is 5.32 Å². The molecule has 29 heavy (non-hydrogen) atoms. The Morgan fingerprint density at radius 3 is 2.41 bits per heavy atom. The van der Waals surface area contributed by atoms with Crippen LogP contribution in [-0.2, 0) is 24.4 Å². The van der Waals surface area contributed by atoms with Crippen LogP contribution >= 0.6 is 0 Å². The summed E-state index contributed by atoms with van der Waals surface area (Å²) in [5, 5.41) is 2.83. The minimum Gasteiger partial charge on any atom is -0.444 e. The van der Waals surface area contributed by atoms with E-state index in [0.29, 0.717) is 10.0 Å². The highest BCUT2D eigenvalue weighted by Gasteiger charge is 2.31. The van der Waals surface area contributed by atoms with Gasteiger partial charge in [-0.3, -0.25) is 9.63 Å². The Hall–Kier alpha value is -2.75. The van der Waals surface area contributed by atoms with E-state index in [1.165, 1.54) is 38.4 Å². The lowest BCUT2D eigenvalue weighted by molar-refractivity contribution is -0.130. The van der Waals surface area contributed by atoms with Crippen molar-refractivity contribution in [2.75, 3.05) is 14.2 Å². The number of carbonyl (C=O) groups is 2. The minimum atomic E-state index is -3.93. The molecule has 8 nitrogen and oxygen atoms in total. The van der Waals surface area contributed by atoms with Gasteiger partial charge in [-0.25, -0.2) is 13.2 Å². The zero-order valence-electron chi connectivity index (χ0n) is 16.1. The quantitative estimate of drug-likeness (QED) is 0.520. The zero-order valence-corrected chi connectivity index (χ0v) is 16.9. The maximum Gasteiger partial charge on any atom is 0.339 e. The van der Waals surface area contributed by atoms with Gasteiger partial charge in [0.2, 0.25) is 6.10 Å². The van der Waals surface area contributed by atoms with Crippen molar-refractivity contribution in [3.63, 3.8) is 0 Å². The largest absolute Gasteiger partial charge is 0.444 e. The summed E-state index contributed by atoms with van der Waals surface area (Å²) in [7, 11) is -1.46. The van der Waals surface area contributed by atoms with E-state index in [1.54, 1.807) is 30.3 Å². The summed E-state index contributed by atoms with van der Waals surface area (Å²) in [6, 6.07) is 14.2. The number of carbonyl (C=O) groups excluding carboxylic acids is 2. The molecule has 1 saturated carbocycles.